The molecule has 0 unspecified atom stereocenters. The molecule has 2 aromatic carbocycles. The lowest BCUT2D eigenvalue weighted by atomic mass is 10.0. The summed E-state index contributed by atoms with van der Waals surface area (Å²) >= 11 is 0. The smallest absolute Gasteiger partial charge is 0.0411 e. The van der Waals surface area contributed by atoms with E-state index >= 15 is 0 Å². The predicted octanol–water partition coefficient (Wildman–Crippen LogP) is 8.00. The highest BCUT2D eigenvalue weighted by molar-refractivity contribution is 6.74. The van der Waals surface area contributed by atoms with Crippen LogP contribution in [0.15, 0.2) is 60.7 Å². The Labute approximate surface area is 153 Å². The summed E-state index contributed by atoms with van der Waals surface area (Å²) in [7, 11) is -0.611. The Bertz CT molecular complexity index is 426. The molecule has 0 atom stereocenters. The summed E-state index contributed by atoms with van der Waals surface area (Å²) < 4.78 is 0. The average molecular weight is 345 g/mol. The standard InChI is InChI=1S/2C7H8.C5H12.C4H12Si/c2*1-7-5-3-2-4-6-7;2*1-5(2,3)4/h2*2-6H,1H3;2*1-4H3. The number of rotatable bonds is 0. The lowest BCUT2D eigenvalue weighted by Gasteiger charge is -2.05. The van der Waals surface area contributed by atoms with Gasteiger partial charge in [-0.15, -0.1) is 0 Å². The van der Waals surface area contributed by atoms with E-state index in [1.165, 1.54) is 11.1 Å². The van der Waals surface area contributed by atoms with Gasteiger partial charge in [-0.25, -0.2) is 0 Å². The largest absolute Gasteiger partial charge is 0.0697 e. The molecular weight excluding hydrogens is 304 g/mol. The van der Waals surface area contributed by atoms with Crippen molar-refractivity contribution in [3.05, 3.63) is 71.8 Å². The van der Waals surface area contributed by atoms with Crippen molar-refractivity contribution in [2.45, 2.75) is 67.7 Å². The number of aryl methyl sites for hydroxylation is 2. The van der Waals surface area contributed by atoms with E-state index in [4.69, 9.17) is 0 Å². The molecular formula is C23H40Si. The predicted molar refractivity (Wildman–Crippen MR) is 117 cm³/mol. The van der Waals surface area contributed by atoms with Crippen LogP contribution >= 0.6 is 0 Å². The van der Waals surface area contributed by atoms with Gasteiger partial charge in [-0.3, -0.25) is 0 Å². The SMILES string of the molecule is CC(C)(C)C.C[Si](C)(C)C.Cc1ccccc1.Cc1ccccc1. The second kappa shape index (κ2) is 13.0. The molecule has 0 heterocycles. The molecule has 2 rings (SSSR count). The maximum atomic E-state index is 2.33. The fraction of sp³-hybridized carbons (Fsp3) is 0.478. The Hall–Kier alpha value is -1.34. The summed E-state index contributed by atoms with van der Waals surface area (Å²) in [5.41, 5.74) is 3.14. The zero-order chi connectivity index (χ0) is 19.2. The fourth-order valence-corrected chi connectivity index (χ4v) is 1.07. The van der Waals surface area contributed by atoms with Crippen LogP contribution in [-0.2, 0) is 0 Å². The first kappa shape index (κ1) is 24.9. The van der Waals surface area contributed by atoms with E-state index in [1.807, 2.05) is 36.4 Å². The Morgan fingerprint density at radius 2 is 0.708 bits per heavy atom. The molecule has 0 fully saturated rings. The van der Waals surface area contributed by atoms with Crippen LogP contribution in [0.5, 0.6) is 0 Å². The summed E-state index contributed by atoms with van der Waals surface area (Å²) in [4.78, 5) is 0. The minimum Gasteiger partial charge on any atom is -0.0697 e. The van der Waals surface area contributed by atoms with Gasteiger partial charge in [0.2, 0.25) is 0 Å². The van der Waals surface area contributed by atoms with Gasteiger partial charge < -0.3 is 0 Å². The van der Waals surface area contributed by atoms with Gasteiger partial charge in [0.25, 0.3) is 0 Å². The van der Waals surface area contributed by atoms with Crippen molar-refractivity contribution in [3.8, 4) is 0 Å². The van der Waals surface area contributed by atoms with Crippen molar-refractivity contribution in [3.63, 3.8) is 0 Å². The Morgan fingerprint density at radius 1 is 0.542 bits per heavy atom. The van der Waals surface area contributed by atoms with Crippen LogP contribution in [0.4, 0.5) is 0 Å². The maximum absolute atomic E-state index is 2.33. The van der Waals surface area contributed by atoms with Crippen LogP contribution < -0.4 is 0 Å². The van der Waals surface area contributed by atoms with Crippen LogP contribution in [0, 0.1) is 19.3 Å². The van der Waals surface area contributed by atoms with Gasteiger partial charge in [-0.1, -0.05) is 126 Å². The normalized spacial score (nSPS) is 10.1. The van der Waals surface area contributed by atoms with Gasteiger partial charge in [0.05, 0.1) is 0 Å². The molecule has 0 amide bonds. The zero-order valence-corrected chi connectivity index (χ0v) is 18.8. The number of hydrogen-bond acceptors (Lipinski definition) is 0. The molecule has 0 aliphatic rings. The highest BCUT2D eigenvalue weighted by atomic mass is 28.3. The quantitative estimate of drug-likeness (QED) is 0.425. The molecule has 0 N–H and O–H groups in total. The second-order valence-corrected chi connectivity index (χ2v) is 15.3. The molecule has 0 aliphatic heterocycles. The molecule has 0 radical (unpaired) electrons. The van der Waals surface area contributed by atoms with E-state index in [9.17, 15) is 0 Å². The number of hydrogen-bond donors (Lipinski definition) is 0. The third-order valence-electron chi connectivity index (χ3n) is 1.88. The molecule has 0 saturated carbocycles. The summed E-state index contributed by atoms with van der Waals surface area (Å²) in [6, 6.07) is 20.5. The van der Waals surface area contributed by atoms with Crippen LogP contribution in [0.1, 0.15) is 38.8 Å². The molecule has 1 heteroatoms. The van der Waals surface area contributed by atoms with Crippen LogP contribution in [0.2, 0.25) is 26.2 Å². The molecule has 2 aromatic rings. The summed E-state index contributed by atoms with van der Waals surface area (Å²) in [5, 5.41) is 0. The third kappa shape index (κ3) is 37.2. The molecule has 136 valence electrons. The van der Waals surface area contributed by atoms with Crippen molar-refractivity contribution in [1.29, 1.82) is 0 Å². The first-order valence-electron chi connectivity index (χ1n) is 8.82. The van der Waals surface area contributed by atoms with Crippen molar-refractivity contribution in [2.75, 3.05) is 0 Å². The highest BCUT2D eigenvalue weighted by Crippen LogP contribution is 2.08. The molecule has 0 aliphatic carbocycles. The van der Waals surface area contributed by atoms with Crippen LogP contribution in [0.3, 0.4) is 0 Å². The average Bonchev–Trinajstić information content (AvgIpc) is 2.37. The first-order chi connectivity index (χ1) is 10.8. The van der Waals surface area contributed by atoms with Crippen LogP contribution in [-0.4, -0.2) is 8.07 Å². The topological polar surface area (TPSA) is 0 Å². The van der Waals surface area contributed by atoms with Crippen LogP contribution in [0.25, 0.3) is 0 Å². The summed E-state index contributed by atoms with van der Waals surface area (Å²) in [6.07, 6.45) is 0. The Balaban J connectivity index is 0. The molecule has 0 aromatic heterocycles. The maximum Gasteiger partial charge on any atom is 0.0411 e. The fourth-order valence-electron chi connectivity index (χ4n) is 1.07. The molecule has 0 bridgehead atoms. The van der Waals surface area contributed by atoms with Gasteiger partial charge in [-0.05, 0) is 19.3 Å². The van der Waals surface area contributed by atoms with E-state index in [1.54, 1.807) is 0 Å². The minimum atomic E-state index is -0.611. The molecule has 0 nitrogen and oxygen atoms in total. The second-order valence-electron chi connectivity index (χ2n) is 9.31. The monoisotopic (exact) mass is 344 g/mol. The van der Waals surface area contributed by atoms with E-state index in [0.29, 0.717) is 5.41 Å². The molecule has 24 heavy (non-hydrogen) atoms. The van der Waals surface area contributed by atoms with Gasteiger partial charge >= 0.3 is 0 Å². The van der Waals surface area contributed by atoms with Crippen molar-refractivity contribution in [1.82, 2.24) is 0 Å². The minimum absolute atomic E-state index is 0.500. The van der Waals surface area contributed by atoms with Gasteiger partial charge in [0, 0.05) is 8.07 Å². The van der Waals surface area contributed by atoms with E-state index in [2.05, 4.69) is 92.0 Å². The first-order valence-corrected chi connectivity index (χ1v) is 12.8. The van der Waals surface area contributed by atoms with Gasteiger partial charge in [0.15, 0.2) is 0 Å². The summed E-state index contributed by atoms with van der Waals surface area (Å²) in [5.74, 6) is 0. The van der Waals surface area contributed by atoms with Gasteiger partial charge in [0.1, 0.15) is 0 Å². The Kier molecular flexibility index (Phi) is 13.5. The molecule has 0 saturated heterocycles. The van der Waals surface area contributed by atoms with E-state index < -0.39 is 8.07 Å². The lowest BCUT2D eigenvalue weighted by molar-refractivity contribution is 0.469. The lowest BCUT2D eigenvalue weighted by Crippen LogP contribution is -2.10. The summed E-state index contributed by atoms with van der Waals surface area (Å²) in [6.45, 7) is 22.2. The third-order valence-corrected chi connectivity index (χ3v) is 1.88. The van der Waals surface area contributed by atoms with Crippen molar-refractivity contribution in [2.24, 2.45) is 5.41 Å². The van der Waals surface area contributed by atoms with E-state index in [-0.39, 0.29) is 0 Å². The zero-order valence-electron chi connectivity index (χ0n) is 17.8. The molecule has 0 spiro atoms. The van der Waals surface area contributed by atoms with Gasteiger partial charge in [-0.2, -0.15) is 0 Å². The van der Waals surface area contributed by atoms with Crippen molar-refractivity contribution >= 4 is 8.07 Å². The number of benzene rings is 2. The van der Waals surface area contributed by atoms with E-state index in [0.717, 1.165) is 0 Å². The highest BCUT2D eigenvalue weighted by Gasteiger charge is 1.99. The van der Waals surface area contributed by atoms with Crippen molar-refractivity contribution < 1.29 is 0 Å². The Morgan fingerprint density at radius 3 is 0.792 bits per heavy atom.